The van der Waals surface area contributed by atoms with Crippen LogP contribution in [0.2, 0.25) is 5.02 Å². The Hall–Kier alpha value is -2.24. The molecule has 0 saturated heterocycles. The molecule has 2 aromatic carbocycles. The Labute approximate surface area is 152 Å². The number of urea groups is 1. The lowest BCUT2D eigenvalue weighted by Gasteiger charge is -2.33. The quantitative estimate of drug-likeness (QED) is 0.782. The number of amides is 2. The third-order valence-corrected chi connectivity index (χ3v) is 4.72. The molecule has 2 aromatic rings. The molecule has 0 fully saturated rings. The highest BCUT2D eigenvalue weighted by Crippen LogP contribution is 2.29. The fourth-order valence-corrected chi connectivity index (χ4v) is 3.30. The van der Waals surface area contributed by atoms with Gasteiger partial charge in [-0.1, -0.05) is 35.9 Å². The summed E-state index contributed by atoms with van der Waals surface area (Å²) in [5.41, 5.74) is 1.94. The van der Waals surface area contributed by atoms with E-state index in [-0.39, 0.29) is 6.54 Å². The highest BCUT2D eigenvalue weighted by atomic mass is 35.5. The Kier molecular flexibility index (Phi) is 5.16. The summed E-state index contributed by atoms with van der Waals surface area (Å²) in [7, 11) is 1.52. The minimum absolute atomic E-state index is 0.177. The number of halogens is 1. The van der Waals surface area contributed by atoms with Crippen LogP contribution in [0.4, 0.5) is 10.5 Å². The molecule has 0 saturated carbocycles. The predicted molar refractivity (Wildman–Crippen MR) is 98.4 cm³/mol. The number of anilines is 1. The molecular formula is C19H21ClN2O3. The number of aliphatic hydroxyl groups is 1. The minimum atomic E-state index is -0.940. The molecule has 25 heavy (non-hydrogen) atoms. The van der Waals surface area contributed by atoms with Gasteiger partial charge in [0.1, 0.15) is 5.75 Å². The maximum Gasteiger partial charge on any atom is 0.319 e. The second-order valence-corrected chi connectivity index (χ2v) is 6.76. The standard InChI is InChI=1S/C19H21ClN2O3/c1-25-17-7-6-15(20)10-16(17)22-18(23)21-12-19(24)9-8-13-4-2-3-5-14(13)11-19/h2-7,10,24H,8-9,11-12H2,1H3,(H2,21,22,23). The topological polar surface area (TPSA) is 70.6 Å². The van der Waals surface area contributed by atoms with E-state index in [0.29, 0.717) is 29.3 Å². The third-order valence-electron chi connectivity index (χ3n) is 4.49. The number of carbonyl (C=O) groups is 1. The molecule has 0 aliphatic heterocycles. The van der Waals surface area contributed by atoms with E-state index in [4.69, 9.17) is 16.3 Å². The molecule has 0 radical (unpaired) electrons. The van der Waals surface area contributed by atoms with E-state index in [1.54, 1.807) is 18.2 Å². The smallest absolute Gasteiger partial charge is 0.319 e. The normalized spacial score (nSPS) is 19.0. The molecule has 0 bridgehead atoms. The summed E-state index contributed by atoms with van der Waals surface area (Å²) in [5, 5.41) is 16.7. The van der Waals surface area contributed by atoms with Gasteiger partial charge in [0, 0.05) is 18.0 Å². The van der Waals surface area contributed by atoms with Gasteiger partial charge in [0.2, 0.25) is 0 Å². The van der Waals surface area contributed by atoms with Gasteiger partial charge in [-0.25, -0.2) is 4.79 Å². The molecule has 1 aliphatic rings. The summed E-state index contributed by atoms with van der Waals surface area (Å²) in [6.07, 6.45) is 1.95. The van der Waals surface area contributed by atoms with E-state index >= 15 is 0 Å². The Balaban J connectivity index is 1.60. The van der Waals surface area contributed by atoms with Crippen LogP contribution in [0, 0.1) is 0 Å². The van der Waals surface area contributed by atoms with Crippen molar-refractivity contribution in [3.63, 3.8) is 0 Å². The molecule has 0 spiro atoms. The van der Waals surface area contributed by atoms with Gasteiger partial charge >= 0.3 is 6.03 Å². The fraction of sp³-hybridized carbons (Fsp3) is 0.316. The number of rotatable bonds is 4. The molecule has 3 rings (SSSR count). The van der Waals surface area contributed by atoms with Crippen LogP contribution in [0.25, 0.3) is 0 Å². The van der Waals surface area contributed by atoms with Crippen LogP contribution in [-0.2, 0) is 12.8 Å². The average Bonchev–Trinajstić information content (AvgIpc) is 2.60. The van der Waals surface area contributed by atoms with Crippen molar-refractivity contribution in [3.8, 4) is 5.75 Å². The SMILES string of the molecule is COc1ccc(Cl)cc1NC(=O)NCC1(O)CCc2ccccc2C1. The average molecular weight is 361 g/mol. The van der Waals surface area contributed by atoms with Crippen LogP contribution in [-0.4, -0.2) is 30.4 Å². The molecule has 1 atom stereocenters. The second-order valence-electron chi connectivity index (χ2n) is 6.32. The van der Waals surface area contributed by atoms with Gasteiger partial charge in [-0.15, -0.1) is 0 Å². The number of hydrogen-bond donors (Lipinski definition) is 3. The van der Waals surface area contributed by atoms with Crippen molar-refractivity contribution >= 4 is 23.3 Å². The number of hydrogen-bond acceptors (Lipinski definition) is 3. The first-order valence-electron chi connectivity index (χ1n) is 8.17. The van der Waals surface area contributed by atoms with Crippen LogP contribution in [0.15, 0.2) is 42.5 Å². The number of aryl methyl sites for hydroxylation is 1. The summed E-state index contributed by atoms with van der Waals surface area (Å²) in [4.78, 5) is 12.2. The van der Waals surface area contributed by atoms with Crippen molar-refractivity contribution in [1.29, 1.82) is 0 Å². The van der Waals surface area contributed by atoms with E-state index in [9.17, 15) is 9.90 Å². The Morgan fingerprint density at radius 3 is 2.80 bits per heavy atom. The van der Waals surface area contributed by atoms with Crippen LogP contribution in [0.5, 0.6) is 5.75 Å². The van der Waals surface area contributed by atoms with Crippen LogP contribution in [0.1, 0.15) is 17.5 Å². The number of methoxy groups -OCH3 is 1. The predicted octanol–water partition coefficient (Wildman–Crippen LogP) is 3.39. The van der Waals surface area contributed by atoms with Crippen LogP contribution in [0.3, 0.4) is 0 Å². The molecule has 0 heterocycles. The third kappa shape index (κ3) is 4.24. The first-order chi connectivity index (χ1) is 12.0. The maximum absolute atomic E-state index is 12.2. The maximum atomic E-state index is 12.2. The van der Waals surface area contributed by atoms with Crippen LogP contribution < -0.4 is 15.4 Å². The zero-order valence-corrected chi connectivity index (χ0v) is 14.8. The van der Waals surface area contributed by atoms with E-state index < -0.39 is 11.6 Å². The van der Waals surface area contributed by atoms with Crippen molar-refractivity contribution in [2.24, 2.45) is 0 Å². The van der Waals surface area contributed by atoms with Gasteiger partial charge in [-0.3, -0.25) is 0 Å². The van der Waals surface area contributed by atoms with E-state index in [2.05, 4.69) is 16.7 Å². The van der Waals surface area contributed by atoms with E-state index in [1.807, 2.05) is 18.2 Å². The number of ether oxygens (including phenoxy) is 1. The summed E-state index contributed by atoms with van der Waals surface area (Å²) in [5.74, 6) is 0.518. The van der Waals surface area contributed by atoms with Gasteiger partial charge in [0.25, 0.3) is 0 Å². The molecular weight excluding hydrogens is 340 g/mol. The molecule has 5 nitrogen and oxygen atoms in total. The van der Waals surface area contributed by atoms with Crippen molar-refractivity contribution in [3.05, 3.63) is 58.6 Å². The number of benzene rings is 2. The summed E-state index contributed by atoms with van der Waals surface area (Å²) >= 11 is 5.96. The van der Waals surface area contributed by atoms with Gasteiger partial charge in [-0.05, 0) is 42.2 Å². The van der Waals surface area contributed by atoms with Gasteiger partial charge in [0.15, 0.2) is 0 Å². The molecule has 1 aliphatic carbocycles. The van der Waals surface area contributed by atoms with Crippen molar-refractivity contribution in [2.45, 2.75) is 24.9 Å². The number of fused-ring (bicyclic) bond motifs is 1. The number of nitrogens with one attached hydrogen (secondary N) is 2. The fourth-order valence-electron chi connectivity index (χ4n) is 3.12. The summed E-state index contributed by atoms with van der Waals surface area (Å²) < 4.78 is 5.20. The largest absolute Gasteiger partial charge is 0.495 e. The van der Waals surface area contributed by atoms with Gasteiger partial charge < -0.3 is 20.5 Å². The second kappa shape index (κ2) is 7.33. The van der Waals surface area contributed by atoms with Gasteiger partial charge in [0.05, 0.1) is 18.4 Å². The molecule has 132 valence electrons. The van der Waals surface area contributed by atoms with Crippen molar-refractivity contribution in [1.82, 2.24) is 5.32 Å². The highest BCUT2D eigenvalue weighted by Gasteiger charge is 2.32. The molecule has 6 heteroatoms. The zero-order valence-electron chi connectivity index (χ0n) is 14.0. The van der Waals surface area contributed by atoms with E-state index in [1.165, 1.54) is 12.7 Å². The molecule has 2 amide bonds. The van der Waals surface area contributed by atoms with E-state index in [0.717, 1.165) is 12.0 Å². The van der Waals surface area contributed by atoms with Crippen molar-refractivity contribution < 1.29 is 14.6 Å². The monoisotopic (exact) mass is 360 g/mol. The summed E-state index contributed by atoms with van der Waals surface area (Å²) in [6.45, 7) is 0.177. The number of carbonyl (C=O) groups excluding carboxylic acids is 1. The molecule has 0 aromatic heterocycles. The van der Waals surface area contributed by atoms with Crippen molar-refractivity contribution in [2.75, 3.05) is 19.0 Å². The Morgan fingerprint density at radius 1 is 1.28 bits per heavy atom. The minimum Gasteiger partial charge on any atom is -0.495 e. The lowest BCUT2D eigenvalue weighted by atomic mass is 9.80. The lowest BCUT2D eigenvalue weighted by molar-refractivity contribution is 0.0295. The first-order valence-corrected chi connectivity index (χ1v) is 8.54. The zero-order chi connectivity index (χ0) is 17.9. The lowest BCUT2D eigenvalue weighted by Crippen LogP contribution is -2.47. The highest BCUT2D eigenvalue weighted by molar-refractivity contribution is 6.31. The van der Waals surface area contributed by atoms with Crippen LogP contribution >= 0.6 is 11.6 Å². The Morgan fingerprint density at radius 2 is 2.04 bits per heavy atom. The molecule has 3 N–H and O–H groups in total. The van der Waals surface area contributed by atoms with Gasteiger partial charge in [-0.2, -0.15) is 0 Å². The molecule has 1 unspecified atom stereocenters. The Bertz CT molecular complexity index is 781. The summed E-state index contributed by atoms with van der Waals surface area (Å²) in [6, 6.07) is 12.7. The first kappa shape index (κ1) is 17.6.